The number of benzene rings is 1. The van der Waals surface area contributed by atoms with E-state index in [1.807, 2.05) is 27.7 Å². The summed E-state index contributed by atoms with van der Waals surface area (Å²) in [5.74, 6) is 0. The predicted molar refractivity (Wildman–Crippen MR) is 78.4 cm³/mol. The van der Waals surface area contributed by atoms with Crippen molar-refractivity contribution in [1.82, 2.24) is 5.32 Å². The number of carbonyl (C=O) groups excluding carboxylic acids is 1. The number of rotatable bonds is 4. The van der Waals surface area contributed by atoms with E-state index < -0.39 is 5.60 Å². The van der Waals surface area contributed by atoms with Gasteiger partial charge in [-0.25, -0.2) is 4.79 Å². The Labute approximate surface area is 116 Å². The van der Waals surface area contributed by atoms with Crippen LogP contribution in [0.4, 0.5) is 4.79 Å². The smallest absolute Gasteiger partial charge is 0.407 e. The van der Waals surface area contributed by atoms with E-state index in [-0.39, 0.29) is 12.1 Å². The first kappa shape index (κ1) is 15.5. The third-order valence-electron chi connectivity index (χ3n) is 2.74. The van der Waals surface area contributed by atoms with Crippen LogP contribution in [0.2, 0.25) is 0 Å². The van der Waals surface area contributed by atoms with Gasteiger partial charge in [0.15, 0.2) is 0 Å². The van der Waals surface area contributed by atoms with E-state index in [1.54, 1.807) is 0 Å². The number of hydrogen-bond donors (Lipinski definition) is 1. The second kappa shape index (κ2) is 6.60. The number of ether oxygens (including phenoxy) is 1. The van der Waals surface area contributed by atoms with E-state index in [2.05, 4.69) is 36.5 Å². The summed E-state index contributed by atoms with van der Waals surface area (Å²) in [7, 11) is 0. The summed E-state index contributed by atoms with van der Waals surface area (Å²) >= 11 is 0. The first-order chi connectivity index (χ1) is 8.80. The van der Waals surface area contributed by atoms with Gasteiger partial charge in [-0.2, -0.15) is 0 Å². The lowest BCUT2D eigenvalue weighted by Crippen LogP contribution is -2.38. The molecule has 3 heteroatoms. The van der Waals surface area contributed by atoms with Crippen molar-refractivity contribution >= 4 is 6.09 Å². The fourth-order valence-electron chi connectivity index (χ4n) is 1.82. The standard InChI is InChI=1S/C16H25NO2/c1-6-13-7-9-14(10-8-13)11-12(2)17-15(18)19-16(3,4)5/h7-10,12H,6,11H2,1-5H3,(H,17,18). The molecule has 106 valence electrons. The van der Waals surface area contributed by atoms with Crippen molar-refractivity contribution in [3.63, 3.8) is 0 Å². The Morgan fingerprint density at radius 2 is 1.74 bits per heavy atom. The van der Waals surface area contributed by atoms with Crippen LogP contribution in [0.15, 0.2) is 24.3 Å². The van der Waals surface area contributed by atoms with Crippen molar-refractivity contribution in [3.05, 3.63) is 35.4 Å². The highest BCUT2D eigenvalue weighted by Crippen LogP contribution is 2.09. The zero-order valence-corrected chi connectivity index (χ0v) is 12.6. The highest BCUT2D eigenvalue weighted by atomic mass is 16.6. The Morgan fingerprint density at radius 1 is 1.21 bits per heavy atom. The van der Waals surface area contributed by atoms with Crippen LogP contribution in [0.5, 0.6) is 0 Å². The third-order valence-corrected chi connectivity index (χ3v) is 2.74. The highest BCUT2D eigenvalue weighted by Gasteiger charge is 2.17. The van der Waals surface area contributed by atoms with Gasteiger partial charge < -0.3 is 10.1 Å². The molecular formula is C16H25NO2. The fraction of sp³-hybridized carbons (Fsp3) is 0.562. The van der Waals surface area contributed by atoms with E-state index in [1.165, 1.54) is 11.1 Å². The van der Waals surface area contributed by atoms with Crippen molar-refractivity contribution in [1.29, 1.82) is 0 Å². The molecule has 1 amide bonds. The Hall–Kier alpha value is -1.51. The molecule has 1 atom stereocenters. The second-order valence-electron chi connectivity index (χ2n) is 5.92. The van der Waals surface area contributed by atoms with Crippen LogP contribution in [0.25, 0.3) is 0 Å². The largest absolute Gasteiger partial charge is 0.444 e. The molecular weight excluding hydrogens is 238 g/mol. The van der Waals surface area contributed by atoms with Crippen LogP contribution in [0.3, 0.4) is 0 Å². The van der Waals surface area contributed by atoms with Crippen LogP contribution in [-0.2, 0) is 17.6 Å². The molecule has 0 heterocycles. The quantitative estimate of drug-likeness (QED) is 0.899. The van der Waals surface area contributed by atoms with Crippen molar-refractivity contribution in [3.8, 4) is 0 Å². The van der Waals surface area contributed by atoms with E-state index in [9.17, 15) is 4.79 Å². The van der Waals surface area contributed by atoms with Crippen LogP contribution in [-0.4, -0.2) is 17.7 Å². The molecule has 1 rings (SSSR count). The monoisotopic (exact) mass is 263 g/mol. The topological polar surface area (TPSA) is 38.3 Å². The molecule has 1 N–H and O–H groups in total. The van der Waals surface area contributed by atoms with Gasteiger partial charge >= 0.3 is 6.09 Å². The van der Waals surface area contributed by atoms with Gasteiger partial charge in [-0.05, 0) is 51.7 Å². The van der Waals surface area contributed by atoms with Gasteiger partial charge in [-0.1, -0.05) is 31.2 Å². The van der Waals surface area contributed by atoms with E-state index in [0.717, 1.165) is 12.8 Å². The Bertz CT molecular complexity index is 404. The molecule has 1 unspecified atom stereocenters. The van der Waals surface area contributed by atoms with Gasteiger partial charge in [0.1, 0.15) is 5.60 Å². The van der Waals surface area contributed by atoms with E-state index >= 15 is 0 Å². The number of nitrogens with one attached hydrogen (secondary N) is 1. The van der Waals surface area contributed by atoms with Crippen LogP contribution < -0.4 is 5.32 Å². The Balaban J connectivity index is 2.46. The summed E-state index contributed by atoms with van der Waals surface area (Å²) in [6.45, 7) is 9.71. The summed E-state index contributed by atoms with van der Waals surface area (Å²) in [6.07, 6.45) is 1.50. The van der Waals surface area contributed by atoms with E-state index in [0.29, 0.717) is 0 Å². The maximum atomic E-state index is 11.6. The lowest BCUT2D eigenvalue weighted by Gasteiger charge is -2.22. The summed E-state index contributed by atoms with van der Waals surface area (Å²) in [4.78, 5) is 11.6. The average molecular weight is 263 g/mol. The summed E-state index contributed by atoms with van der Waals surface area (Å²) < 4.78 is 5.23. The van der Waals surface area contributed by atoms with Crippen LogP contribution in [0.1, 0.15) is 45.7 Å². The minimum Gasteiger partial charge on any atom is -0.444 e. The van der Waals surface area contributed by atoms with Gasteiger partial charge in [0.2, 0.25) is 0 Å². The predicted octanol–water partition coefficient (Wildman–Crippen LogP) is 3.70. The SMILES string of the molecule is CCc1ccc(CC(C)NC(=O)OC(C)(C)C)cc1. The Morgan fingerprint density at radius 3 is 2.21 bits per heavy atom. The van der Waals surface area contributed by atoms with E-state index in [4.69, 9.17) is 4.74 Å². The molecule has 0 saturated carbocycles. The van der Waals surface area contributed by atoms with Crippen LogP contribution >= 0.6 is 0 Å². The number of amides is 1. The molecule has 0 aliphatic carbocycles. The molecule has 3 nitrogen and oxygen atoms in total. The lowest BCUT2D eigenvalue weighted by atomic mass is 10.0. The van der Waals surface area contributed by atoms with Gasteiger partial charge in [-0.3, -0.25) is 0 Å². The van der Waals surface area contributed by atoms with Gasteiger partial charge in [0.05, 0.1) is 0 Å². The molecule has 0 bridgehead atoms. The highest BCUT2D eigenvalue weighted by molar-refractivity contribution is 5.68. The molecule has 1 aromatic carbocycles. The maximum Gasteiger partial charge on any atom is 0.407 e. The van der Waals surface area contributed by atoms with Gasteiger partial charge in [0, 0.05) is 6.04 Å². The lowest BCUT2D eigenvalue weighted by molar-refractivity contribution is 0.0508. The molecule has 0 radical (unpaired) electrons. The minimum atomic E-state index is -0.452. The molecule has 1 aromatic rings. The molecule has 0 saturated heterocycles. The molecule has 0 aliphatic heterocycles. The maximum absolute atomic E-state index is 11.6. The molecule has 0 aromatic heterocycles. The fourth-order valence-corrected chi connectivity index (χ4v) is 1.82. The number of aryl methyl sites for hydroxylation is 1. The summed E-state index contributed by atoms with van der Waals surface area (Å²) in [5, 5.41) is 2.85. The van der Waals surface area contributed by atoms with Crippen molar-refractivity contribution in [2.24, 2.45) is 0 Å². The zero-order valence-electron chi connectivity index (χ0n) is 12.6. The molecule has 19 heavy (non-hydrogen) atoms. The van der Waals surface area contributed by atoms with Crippen molar-refractivity contribution in [2.45, 2.75) is 59.1 Å². The molecule has 0 spiro atoms. The first-order valence-electron chi connectivity index (χ1n) is 6.87. The number of alkyl carbamates (subject to hydrolysis) is 1. The second-order valence-corrected chi connectivity index (χ2v) is 5.92. The first-order valence-corrected chi connectivity index (χ1v) is 6.87. The third kappa shape index (κ3) is 6.27. The van der Waals surface area contributed by atoms with Gasteiger partial charge in [0.25, 0.3) is 0 Å². The van der Waals surface area contributed by atoms with Gasteiger partial charge in [-0.15, -0.1) is 0 Å². The normalized spacial score (nSPS) is 12.9. The zero-order chi connectivity index (χ0) is 14.5. The number of carbonyl (C=O) groups is 1. The number of hydrogen-bond acceptors (Lipinski definition) is 2. The summed E-state index contributed by atoms with van der Waals surface area (Å²) in [6, 6.07) is 8.56. The average Bonchev–Trinajstić information content (AvgIpc) is 2.27. The van der Waals surface area contributed by atoms with Crippen LogP contribution in [0, 0.1) is 0 Å². The minimum absolute atomic E-state index is 0.0577. The summed E-state index contributed by atoms with van der Waals surface area (Å²) in [5.41, 5.74) is 2.10. The molecule has 0 aliphatic rings. The van der Waals surface area contributed by atoms with Crippen molar-refractivity contribution < 1.29 is 9.53 Å². The molecule has 0 fully saturated rings. The Kier molecular flexibility index (Phi) is 5.40. The van der Waals surface area contributed by atoms with Crippen molar-refractivity contribution in [2.75, 3.05) is 0 Å².